The topological polar surface area (TPSA) is 95.1 Å². The van der Waals surface area contributed by atoms with Gasteiger partial charge in [0.1, 0.15) is 0 Å². The number of amides is 2. The molecule has 8 nitrogen and oxygen atoms in total. The molecule has 2 rings (SSSR count). The van der Waals surface area contributed by atoms with Gasteiger partial charge in [0.2, 0.25) is 5.75 Å². The van der Waals surface area contributed by atoms with Crippen LogP contribution in [0.4, 0.5) is 4.79 Å². The van der Waals surface area contributed by atoms with Crippen molar-refractivity contribution < 1.29 is 28.5 Å². The highest BCUT2D eigenvalue weighted by atomic mass is 16.5. The maximum absolute atomic E-state index is 12.4. The average Bonchev–Trinajstić information content (AvgIpc) is 2.70. The van der Waals surface area contributed by atoms with Crippen LogP contribution in [-0.2, 0) is 9.53 Å². The third kappa shape index (κ3) is 4.27. The van der Waals surface area contributed by atoms with Gasteiger partial charge in [-0.15, -0.1) is 0 Å². The highest BCUT2D eigenvalue weighted by molar-refractivity contribution is 5.95. The molecule has 1 aromatic rings. The van der Waals surface area contributed by atoms with E-state index in [9.17, 15) is 9.59 Å². The van der Waals surface area contributed by atoms with Crippen LogP contribution in [0.5, 0.6) is 17.2 Å². The molecule has 1 atom stereocenters. The molecule has 0 saturated heterocycles. The van der Waals surface area contributed by atoms with Crippen LogP contribution in [0.15, 0.2) is 23.4 Å². The fraction of sp³-hybridized carbons (Fsp3) is 0.474. The number of esters is 1. The zero-order valence-corrected chi connectivity index (χ0v) is 16.3. The largest absolute Gasteiger partial charge is 0.493 e. The number of nitrogens with one attached hydrogen (secondary N) is 2. The molecule has 148 valence electrons. The third-order valence-corrected chi connectivity index (χ3v) is 4.18. The predicted octanol–water partition coefficient (Wildman–Crippen LogP) is 2.68. The van der Waals surface area contributed by atoms with Crippen LogP contribution < -0.4 is 24.8 Å². The summed E-state index contributed by atoms with van der Waals surface area (Å²) in [7, 11) is 4.35. The number of ether oxygens (including phenoxy) is 4. The lowest BCUT2D eigenvalue weighted by Crippen LogP contribution is -2.45. The molecule has 0 aliphatic carbocycles. The summed E-state index contributed by atoms with van der Waals surface area (Å²) in [6, 6.07) is 2.35. The van der Waals surface area contributed by atoms with Crippen molar-refractivity contribution in [2.45, 2.75) is 32.7 Å². The van der Waals surface area contributed by atoms with E-state index < -0.39 is 18.0 Å². The number of benzene rings is 1. The second-order valence-corrected chi connectivity index (χ2v) is 5.87. The van der Waals surface area contributed by atoms with E-state index in [1.807, 2.05) is 13.8 Å². The van der Waals surface area contributed by atoms with Crippen molar-refractivity contribution >= 4 is 12.0 Å². The Hall–Kier alpha value is -2.90. The smallest absolute Gasteiger partial charge is 0.337 e. The van der Waals surface area contributed by atoms with Gasteiger partial charge in [0, 0.05) is 5.70 Å². The SMILES string of the molecule is CCCOc1c(OC)cc(C2NC(=O)NC(CC)=C2C(=O)OC)cc1OC. The van der Waals surface area contributed by atoms with E-state index in [1.165, 1.54) is 21.3 Å². The standard InChI is InChI=1S/C19H26N2O6/c1-6-8-27-17-13(24-3)9-11(10-14(17)25-4)16-15(18(22)26-5)12(7-2)20-19(23)21-16/h9-10,16H,6-8H2,1-5H3,(H2,20,21,23). The highest BCUT2D eigenvalue weighted by Gasteiger charge is 2.34. The van der Waals surface area contributed by atoms with Crippen LogP contribution in [0.3, 0.4) is 0 Å². The van der Waals surface area contributed by atoms with E-state index in [0.717, 1.165) is 6.42 Å². The monoisotopic (exact) mass is 378 g/mol. The van der Waals surface area contributed by atoms with Gasteiger partial charge in [-0.25, -0.2) is 9.59 Å². The van der Waals surface area contributed by atoms with Gasteiger partial charge in [0.05, 0.1) is 39.6 Å². The van der Waals surface area contributed by atoms with Crippen LogP contribution in [0.1, 0.15) is 38.3 Å². The van der Waals surface area contributed by atoms with Crippen LogP contribution >= 0.6 is 0 Å². The first-order chi connectivity index (χ1) is 13.0. The van der Waals surface area contributed by atoms with E-state index in [2.05, 4.69) is 10.6 Å². The Kier molecular flexibility index (Phi) is 6.92. The Morgan fingerprint density at radius 3 is 2.22 bits per heavy atom. The first-order valence-corrected chi connectivity index (χ1v) is 8.78. The molecule has 0 saturated carbocycles. The van der Waals surface area contributed by atoms with Gasteiger partial charge in [0.15, 0.2) is 11.5 Å². The molecular weight excluding hydrogens is 352 g/mol. The molecule has 0 fully saturated rings. The Morgan fingerprint density at radius 2 is 1.74 bits per heavy atom. The lowest BCUT2D eigenvalue weighted by Gasteiger charge is -2.29. The summed E-state index contributed by atoms with van der Waals surface area (Å²) in [5, 5.41) is 5.44. The van der Waals surface area contributed by atoms with E-state index in [1.54, 1.807) is 12.1 Å². The predicted molar refractivity (Wildman–Crippen MR) is 99.1 cm³/mol. The number of hydrogen-bond donors (Lipinski definition) is 2. The number of carbonyl (C=O) groups excluding carboxylic acids is 2. The molecule has 8 heteroatoms. The molecule has 0 radical (unpaired) electrons. The molecule has 1 aliphatic heterocycles. The summed E-state index contributed by atoms with van der Waals surface area (Å²) < 4.78 is 21.6. The minimum Gasteiger partial charge on any atom is -0.493 e. The van der Waals surface area contributed by atoms with Gasteiger partial charge in [-0.05, 0) is 30.5 Å². The van der Waals surface area contributed by atoms with Crippen LogP contribution in [0.25, 0.3) is 0 Å². The molecule has 1 aliphatic rings. The number of hydrogen-bond acceptors (Lipinski definition) is 6. The summed E-state index contributed by atoms with van der Waals surface area (Å²) in [5.74, 6) is 0.861. The number of carbonyl (C=O) groups is 2. The van der Waals surface area contributed by atoms with E-state index in [4.69, 9.17) is 18.9 Å². The van der Waals surface area contributed by atoms with Crippen LogP contribution in [0.2, 0.25) is 0 Å². The van der Waals surface area contributed by atoms with Gasteiger partial charge < -0.3 is 29.6 Å². The zero-order chi connectivity index (χ0) is 20.0. The summed E-state index contributed by atoms with van der Waals surface area (Å²) in [6.45, 7) is 4.35. The number of allylic oxidation sites excluding steroid dienone is 1. The number of urea groups is 1. The number of methoxy groups -OCH3 is 3. The van der Waals surface area contributed by atoms with Crippen molar-refractivity contribution in [3.63, 3.8) is 0 Å². The molecule has 0 bridgehead atoms. The second kappa shape index (κ2) is 9.16. The lowest BCUT2D eigenvalue weighted by atomic mass is 9.94. The van der Waals surface area contributed by atoms with E-state index in [0.29, 0.717) is 47.1 Å². The van der Waals surface area contributed by atoms with Gasteiger partial charge in [-0.2, -0.15) is 0 Å². The summed E-state index contributed by atoms with van der Waals surface area (Å²) in [5.41, 5.74) is 1.47. The van der Waals surface area contributed by atoms with E-state index in [-0.39, 0.29) is 0 Å². The number of rotatable bonds is 8. The van der Waals surface area contributed by atoms with Crippen molar-refractivity contribution in [3.8, 4) is 17.2 Å². The fourth-order valence-electron chi connectivity index (χ4n) is 2.91. The normalized spacial score (nSPS) is 16.3. The van der Waals surface area contributed by atoms with Gasteiger partial charge in [-0.3, -0.25) is 0 Å². The second-order valence-electron chi connectivity index (χ2n) is 5.87. The Balaban J connectivity index is 2.60. The van der Waals surface area contributed by atoms with E-state index >= 15 is 0 Å². The lowest BCUT2D eigenvalue weighted by molar-refractivity contribution is -0.136. The average molecular weight is 378 g/mol. The van der Waals surface area contributed by atoms with Gasteiger partial charge in [0.25, 0.3) is 0 Å². The molecule has 0 aromatic heterocycles. The van der Waals surface area contributed by atoms with Crippen LogP contribution in [-0.4, -0.2) is 39.9 Å². The van der Waals surface area contributed by atoms with Crippen molar-refractivity contribution in [2.75, 3.05) is 27.9 Å². The highest BCUT2D eigenvalue weighted by Crippen LogP contribution is 2.42. The van der Waals surface area contributed by atoms with Crippen molar-refractivity contribution in [1.29, 1.82) is 0 Å². The Bertz CT molecular complexity index is 719. The first kappa shape index (κ1) is 20.4. The quantitative estimate of drug-likeness (QED) is 0.676. The Labute approximate surface area is 158 Å². The summed E-state index contributed by atoms with van der Waals surface area (Å²) in [4.78, 5) is 24.5. The molecule has 1 unspecified atom stereocenters. The fourth-order valence-corrected chi connectivity index (χ4v) is 2.91. The molecule has 2 N–H and O–H groups in total. The van der Waals surface area contributed by atoms with Crippen molar-refractivity contribution in [2.24, 2.45) is 0 Å². The van der Waals surface area contributed by atoms with Crippen LogP contribution in [0, 0.1) is 0 Å². The minimum atomic E-state index is -0.704. The summed E-state index contributed by atoms with van der Waals surface area (Å²) in [6.07, 6.45) is 1.30. The maximum Gasteiger partial charge on any atom is 0.337 e. The maximum atomic E-state index is 12.4. The summed E-state index contributed by atoms with van der Waals surface area (Å²) >= 11 is 0. The molecule has 1 heterocycles. The Morgan fingerprint density at radius 1 is 1.11 bits per heavy atom. The minimum absolute atomic E-state index is 0.339. The molecule has 1 aromatic carbocycles. The van der Waals surface area contributed by atoms with Crippen molar-refractivity contribution in [3.05, 3.63) is 29.0 Å². The van der Waals surface area contributed by atoms with Crippen molar-refractivity contribution in [1.82, 2.24) is 10.6 Å². The third-order valence-electron chi connectivity index (χ3n) is 4.18. The molecule has 2 amide bonds. The molecule has 0 spiro atoms. The first-order valence-electron chi connectivity index (χ1n) is 8.78. The zero-order valence-electron chi connectivity index (χ0n) is 16.3. The van der Waals surface area contributed by atoms with Gasteiger partial charge >= 0.3 is 12.0 Å². The van der Waals surface area contributed by atoms with Gasteiger partial charge in [-0.1, -0.05) is 13.8 Å². The molecule has 27 heavy (non-hydrogen) atoms. The molecular formula is C19H26N2O6.